The Morgan fingerprint density at radius 1 is 0.667 bits per heavy atom. The third-order valence-electron chi connectivity index (χ3n) is 3.59. The first-order chi connectivity index (χ1) is 10.3. The number of benzene rings is 3. The van der Waals surface area contributed by atoms with E-state index in [4.69, 9.17) is 0 Å². The Morgan fingerprint density at radius 2 is 1.24 bits per heavy atom. The predicted octanol–water partition coefficient (Wildman–Crippen LogP) is 5.22. The van der Waals surface area contributed by atoms with E-state index in [0.29, 0.717) is 0 Å². The van der Waals surface area contributed by atoms with Crippen molar-refractivity contribution in [2.24, 2.45) is 0 Å². The zero-order valence-electron chi connectivity index (χ0n) is 11.9. The van der Waals surface area contributed by atoms with Gasteiger partial charge in [0, 0.05) is 11.1 Å². The van der Waals surface area contributed by atoms with Gasteiger partial charge < -0.3 is 0 Å². The highest BCUT2D eigenvalue weighted by atomic mass is 16.1. The van der Waals surface area contributed by atoms with Crippen LogP contribution in [0.5, 0.6) is 0 Å². The van der Waals surface area contributed by atoms with Crippen molar-refractivity contribution < 1.29 is 4.79 Å². The molecule has 0 bridgehead atoms. The van der Waals surface area contributed by atoms with Gasteiger partial charge in [-0.25, -0.2) is 0 Å². The third kappa shape index (κ3) is 2.63. The molecule has 1 heteroatoms. The fourth-order valence-corrected chi connectivity index (χ4v) is 2.62. The molecule has 0 aliphatic carbocycles. The number of carbonyl (C=O) groups is 1. The van der Waals surface area contributed by atoms with Gasteiger partial charge in [0.25, 0.3) is 0 Å². The number of hydrogen-bond acceptors (Lipinski definition) is 1. The van der Waals surface area contributed by atoms with Crippen LogP contribution in [0.1, 0.15) is 17.3 Å². The van der Waals surface area contributed by atoms with Crippen LogP contribution in [0.4, 0.5) is 0 Å². The van der Waals surface area contributed by atoms with Crippen molar-refractivity contribution in [3.8, 4) is 22.3 Å². The summed E-state index contributed by atoms with van der Waals surface area (Å²) in [6, 6.07) is 26.2. The topological polar surface area (TPSA) is 17.1 Å². The maximum atomic E-state index is 12.0. The first kappa shape index (κ1) is 13.3. The summed E-state index contributed by atoms with van der Waals surface area (Å²) in [5.41, 5.74) is 5.07. The van der Waals surface area contributed by atoms with Gasteiger partial charge in [-0.3, -0.25) is 4.79 Å². The molecule has 3 aromatic rings. The Hall–Kier alpha value is -2.67. The summed E-state index contributed by atoms with van der Waals surface area (Å²) in [7, 11) is 0. The van der Waals surface area contributed by atoms with Crippen molar-refractivity contribution in [2.75, 3.05) is 0 Å². The standard InChI is InChI=1S/C20H16O/c1-15(21)18-13-8-14-19(16-9-4-2-5-10-16)20(18)17-11-6-3-7-12-17/h2-14H,1H3. The molecule has 0 saturated heterocycles. The summed E-state index contributed by atoms with van der Waals surface area (Å²) in [6.45, 7) is 1.62. The average Bonchev–Trinajstić information content (AvgIpc) is 2.55. The minimum atomic E-state index is 0.0895. The van der Waals surface area contributed by atoms with E-state index < -0.39 is 0 Å². The zero-order valence-corrected chi connectivity index (χ0v) is 11.9. The second kappa shape index (κ2) is 5.76. The van der Waals surface area contributed by atoms with Crippen molar-refractivity contribution in [3.05, 3.63) is 84.4 Å². The van der Waals surface area contributed by atoms with E-state index in [-0.39, 0.29) is 5.78 Å². The van der Waals surface area contributed by atoms with Gasteiger partial charge in [0.15, 0.2) is 5.78 Å². The van der Waals surface area contributed by atoms with Gasteiger partial charge in [0.1, 0.15) is 0 Å². The SMILES string of the molecule is CC(=O)c1cccc(-c2ccccc2)c1-c1ccccc1. The van der Waals surface area contributed by atoms with Crippen LogP contribution >= 0.6 is 0 Å². The Kier molecular flexibility index (Phi) is 3.65. The van der Waals surface area contributed by atoms with Crippen molar-refractivity contribution in [2.45, 2.75) is 6.92 Å². The van der Waals surface area contributed by atoms with Crippen LogP contribution in [-0.2, 0) is 0 Å². The monoisotopic (exact) mass is 272 g/mol. The van der Waals surface area contributed by atoms with Gasteiger partial charge in [-0.05, 0) is 23.6 Å². The minimum Gasteiger partial charge on any atom is -0.294 e. The molecule has 0 aliphatic heterocycles. The van der Waals surface area contributed by atoms with E-state index >= 15 is 0 Å². The molecule has 0 heterocycles. The quantitative estimate of drug-likeness (QED) is 0.597. The van der Waals surface area contributed by atoms with E-state index in [1.54, 1.807) is 6.92 Å². The first-order valence-corrected chi connectivity index (χ1v) is 7.02. The van der Waals surface area contributed by atoms with Crippen LogP contribution in [0.3, 0.4) is 0 Å². The normalized spacial score (nSPS) is 10.3. The largest absolute Gasteiger partial charge is 0.294 e. The van der Waals surface area contributed by atoms with Crippen LogP contribution in [-0.4, -0.2) is 5.78 Å². The number of hydrogen-bond donors (Lipinski definition) is 0. The molecule has 0 spiro atoms. The molecule has 1 nitrogen and oxygen atoms in total. The molecule has 0 fully saturated rings. The van der Waals surface area contributed by atoms with Gasteiger partial charge >= 0.3 is 0 Å². The average molecular weight is 272 g/mol. The lowest BCUT2D eigenvalue weighted by Crippen LogP contribution is -1.98. The fraction of sp³-hybridized carbons (Fsp3) is 0.0500. The van der Waals surface area contributed by atoms with E-state index in [9.17, 15) is 4.79 Å². The Balaban J connectivity index is 2.31. The van der Waals surface area contributed by atoms with Gasteiger partial charge in [0.2, 0.25) is 0 Å². The van der Waals surface area contributed by atoms with Gasteiger partial charge in [-0.15, -0.1) is 0 Å². The molecule has 21 heavy (non-hydrogen) atoms. The smallest absolute Gasteiger partial charge is 0.160 e. The first-order valence-electron chi connectivity index (χ1n) is 7.02. The Bertz CT molecular complexity index is 758. The molecule has 102 valence electrons. The Morgan fingerprint density at radius 3 is 1.81 bits per heavy atom. The minimum absolute atomic E-state index is 0.0895. The van der Waals surface area contributed by atoms with Crippen LogP contribution < -0.4 is 0 Å². The molecule has 3 rings (SSSR count). The number of rotatable bonds is 3. The van der Waals surface area contributed by atoms with E-state index in [1.807, 2.05) is 60.7 Å². The number of Topliss-reactive ketones (excluding diaryl/α,β-unsaturated/α-hetero) is 1. The summed E-state index contributed by atoms with van der Waals surface area (Å²) < 4.78 is 0. The second-order valence-corrected chi connectivity index (χ2v) is 5.02. The summed E-state index contributed by atoms with van der Waals surface area (Å²) in [6.07, 6.45) is 0. The van der Waals surface area contributed by atoms with Gasteiger partial charge in [-0.2, -0.15) is 0 Å². The van der Waals surface area contributed by atoms with Gasteiger partial charge in [-0.1, -0.05) is 78.9 Å². The molecule has 0 aliphatic rings. The van der Waals surface area contributed by atoms with Crippen molar-refractivity contribution >= 4 is 5.78 Å². The molecule has 0 atom stereocenters. The second-order valence-electron chi connectivity index (χ2n) is 5.02. The summed E-state index contributed by atoms with van der Waals surface area (Å²) in [4.78, 5) is 12.0. The van der Waals surface area contributed by atoms with Crippen molar-refractivity contribution in [1.82, 2.24) is 0 Å². The lowest BCUT2D eigenvalue weighted by atomic mass is 9.89. The molecule has 3 aromatic carbocycles. The molecular formula is C20H16O. The zero-order chi connectivity index (χ0) is 14.7. The molecule has 0 amide bonds. The summed E-state index contributed by atoms with van der Waals surface area (Å²) in [5, 5.41) is 0. The molecular weight excluding hydrogens is 256 g/mol. The maximum Gasteiger partial charge on any atom is 0.160 e. The number of carbonyl (C=O) groups excluding carboxylic acids is 1. The predicted molar refractivity (Wildman–Crippen MR) is 87.3 cm³/mol. The molecule has 0 unspecified atom stereocenters. The molecule has 0 saturated carbocycles. The molecule has 0 radical (unpaired) electrons. The van der Waals surface area contributed by atoms with Gasteiger partial charge in [0.05, 0.1) is 0 Å². The fourth-order valence-electron chi connectivity index (χ4n) is 2.62. The van der Waals surface area contributed by atoms with Crippen molar-refractivity contribution in [1.29, 1.82) is 0 Å². The molecule has 0 aromatic heterocycles. The van der Waals surface area contributed by atoms with Crippen LogP contribution in [0, 0.1) is 0 Å². The number of ketones is 1. The highest BCUT2D eigenvalue weighted by Crippen LogP contribution is 2.35. The van der Waals surface area contributed by atoms with E-state index in [1.165, 1.54) is 0 Å². The Labute approximate surface area is 124 Å². The van der Waals surface area contributed by atoms with Crippen LogP contribution in [0.15, 0.2) is 78.9 Å². The van der Waals surface area contributed by atoms with Crippen LogP contribution in [0.25, 0.3) is 22.3 Å². The highest BCUT2D eigenvalue weighted by Gasteiger charge is 2.14. The third-order valence-corrected chi connectivity index (χ3v) is 3.59. The van der Waals surface area contributed by atoms with E-state index in [0.717, 1.165) is 27.8 Å². The summed E-state index contributed by atoms with van der Waals surface area (Å²) in [5.74, 6) is 0.0895. The lowest BCUT2D eigenvalue weighted by Gasteiger charge is -2.14. The van der Waals surface area contributed by atoms with Crippen molar-refractivity contribution in [3.63, 3.8) is 0 Å². The maximum absolute atomic E-state index is 12.0. The molecule has 0 N–H and O–H groups in total. The van der Waals surface area contributed by atoms with Crippen LogP contribution in [0.2, 0.25) is 0 Å². The summed E-state index contributed by atoms with van der Waals surface area (Å²) >= 11 is 0. The van der Waals surface area contributed by atoms with E-state index in [2.05, 4.69) is 18.2 Å². The lowest BCUT2D eigenvalue weighted by molar-refractivity contribution is 0.101. The highest BCUT2D eigenvalue weighted by molar-refractivity contribution is 6.04.